The Morgan fingerprint density at radius 2 is 2.12 bits per heavy atom. The van der Waals surface area contributed by atoms with Gasteiger partial charge in [0.05, 0.1) is 17.1 Å². The molecule has 17 heavy (non-hydrogen) atoms. The van der Waals surface area contributed by atoms with Crippen LogP contribution in [0.2, 0.25) is 0 Å². The zero-order valence-electron chi connectivity index (χ0n) is 10.4. The molecule has 1 aromatic carbocycles. The third-order valence-corrected chi connectivity index (χ3v) is 3.07. The summed E-state index contributed by atoms with van der Waals surface area (Å²) in [6.07, 6.45) is 0. The molecule has 0 amide bonds. The largest absolute Gasteiger partial charge is 0.327 e. The van der Waals surface area contributed by atoms with Crippen LogP contribution >= 0.6 is 0 Å². The zero-order chi connectivity index (χ0) is 12.6. The summed E-state index contributed by atoms with van der Waals surface area (Å²) in [6, 6.07) is 4.53. The molecule has 0 aliphatic rings. The Hall–Kier alpha value is -1.42. The molecule has 0 saturated carbocycles. The van der Waals surface area contributed by atoms with Gasteiger partial charge in [-0.05, 0) is 31.0 Å². The molecule has 2 N–H and O–H groups in total. The van der Waals surface area contributed by atoms with Gasteiger partial charge in [0.1, 0.15) is 11.6 Å². The van der Waals surface area contributed by atoms with Crippen LogP contribution in [0.15, 0.2) is 18.2 Å². The number of halogens is 1. The van der Waals surface area contributed by atoms with Gasteiger partial charge in [0.25, 0.3) is 0 Å². The first kappa shape index (κ1) is 12.0. The smallest absolute Gasteiger partial charge is 0.127 e. The van der Waals surface area contributed by atoms with Gasteiger partial charge in [-0.1, -0.05) is 13.8 Å². The summed E-state index contributed by atoms with van der Waals surface area (Å²) in [6.45, 7) is 6.88. The SMILES string of the molecule is CCn1c(C(N)C(C)C)nc2ccc(F)cc21. The molecular weight excluding hydrogens is 217 g/mol. The van der Waals surface area contributed by atoms with Crippen LogP contribution in [0.1, 0.15) is 32.6 Å². The number of nitrogens with two attached hydrogens (primary N) is 1. The number of hydrogen-bond donors (Lipinski definition) is 1. The first-order chi connectivity index (χ1) is 8.04. The van der Waals surface area contributed by atoms with Crippen molar-refractivity contribution in [1.29, 1.82) is 0 Å². The number of benzene rings is 1. The van der Waals surface area contributed by atoms with E-state index < -0.39 is 0 Å². The molecule has 0 radical (unpaired) electrons. The molecule has 0 aliphatic heterocycles. The van der Waals surface area contributed by atoms with Gasteiger partial charge in [0.2, 0.25) is 0 Å². The summed E-state index contributed by atoms with van der Waals surface area (Å²) in [5.41, 5.74) is 7.76. The van der Waals surface area contributed by atoms with E-state index in [9.17, 15) is 4.39 Å². The fourth-order valence-electron chi connectivity index (χ4n) is 2.00. The van der Waals surface area contributed by atoms with Gasteiger partial charge in [-0.25, -0.2) is 9.37 Å². The predicted octanol–water partition coefficient (Wildman–Crippen LogP) is 2.85. The number of hydrogen-bond acceptors (Lipinski definition) is 2. The Labute approximate surface area is 100 Å². The highest BCUT2D eigenvalue weighted by Crippen LogP contribution is 2.24. The lowest BCUT2D eigenvalue weighted by Gasteiger charge is -2.16. The summed E-state index contributed by atoms with van der Waals surface area (Å²) in [5, 5.41) is 0. The molecule has 1 heterocycles. The van der Waals surface area contributed by atoms with E-state index in [1.165, 1.54) is 12.1 Å². The van der Waals surface area contributed by atoms with E-state index in [0.29, 0.717) is 5.92 Å². The topological polar surface area (TPSA) is 43.8 Å². The first-order valence-corrected chi connectivity index (χ1v) is 5.95. The lowest BCUT2D eigenvalue weighted by Crippen LogP contribution is -2.21. The summed E-state index contributed by atoms with van der Waals surface area (Å²) in [4.78, 5) is 4.52. The van der Waals surface area contributed by atoms with Crippen molar-refractivity contribution < 1.29 is 4.39 Å². The lowest BCUT2D eigenvalue weighted by molar-refractivity contribution is 0.472. The molecule has 1 aromatic heterocycles. The maximum Gasteiger partial charge on any atom is 0.127 e. The van der Waals surface area contributed by atoms with Gasteiger partial charge in [-0.3, -0.25) is 0 Å². The zero-order valence-corrected chi connectivity index (χ0v) is 10.4. The highest BCUT2D eigenvalue weighted by atomic mass is 19.1. The highest BCUT2D eigenvalue weighted by Gasteiger charge is 2.19. The number of nitrogens with zero attached hydrogens (tertiary/aromatic N) is 2. The number of aromatic nitrogens is 2. The van der Waals surface area contributed by atoms with E-state index in [-0.39, 0.29) is 11.9 Å². The normalized spacial score (nSPS) is 13.5. The van der Waals surface area contributed by atoms with Gasteiger partial charge >= 0.3 is 0 Å². The molecule has 2 aromatic rings. The Bertz CT molecular complexity index is 531. The average Bonchev–Trinajstić information content (AvgIpc) is 2.65. The second-order valence-corrected chi connectivity index (χ2v) is 4.62. The standard InChI is InChI=1S/C13H18FN3/c1-4-17-11-7-9(14)5-6-10(11)16-13(17)12(15)8(2)3/h5-8,12H,4,15H2,1-3H3. The summed E-state index contributed by atoms with van der Waals surface area (Å²) >= 11 is 0. The number of imidazole rings is 1. The number of aryl methyl sites for hydroxylation is 1. The molecule has 4 heteroatoms. The average molecular weight is 235 g/mol. The molecule has 1 unspecified atom stereocenters. The van der Waals surface area contributed by atoms with Gasteiger partial charge in [0.15, 0.2) is 0 Å². The molecule has 92 valence electrons. The quantitative estimate of drug-likeness (QED) is 0.889. The van der Waals surface area contributed by atoms with Gasteiger partial charge in [-0.2, -0.15) is 0 Å². The van der Waals surface area contributed by atoms with Crippen LogP contribution in [-0.2, 0) is 6.54 Å². The minimum absolute atomic E-state index is 0.120. The van der Waals surface area contributed by atoms with Crippen molar-refractivity contribution in [2.75, 3.05) is 0 Å². The van der Waals surface area contributed by atoms with Gasteiger partial charge in [0, 0.05) is 6.54 Å². The number of fused-ring (bicyclic) bond motifs is 1. The predicted molar refractivity (Wildman–Crippen MR) is 67.1 cm³/mol. The fraction of sp³-hybridized carbons (Fsp3) is 0.462. The van der Waals surface area contributed by atoms with E-state index in [1.807, 2.05) is 11.5 Å². The van der Waals surface area contributed by atoms with Crippen molar-refractivity contribution in [1.82, 2.24) is 9.55 Å². The first-order valence-electron chi connectivity index (χ1n) is 5.95. The minimum atomic E-state index is -0.239. The molecule has 0 aliphatic carbocycles. The molecule has 3 nitrogen and oxygen atoms in total. The van der Waals surface area contributed by atoms with Crippen LogP contribution in [0.25, 0.3) is 11.0 Å². The summed E-state index contributed by atoms with van der Waals surface area (Å²) in [7, 11) is 0. The second-order valence-electron chi connectivity index (χ2n) is 4.62. The van der Waals surface area contributed by atoms with E-state index >= 15 is 0 Å². The lowest BCUT2D eigenvalue weighted by atomic mass is 10.1. The summed E-state index contributed by atoms with van der Waals surface area (Å²) in [5.74, 6) is 0.904. The van der Waals surface area contributed by atoms with E-state index in [2.05, 4.69) is 18.8 Å². The van der Waals surface area contributed by atoms with E-state index in [1.54, 1.807) is 6.07 Å². The van der Waals surface area contributed by atoms with Crippen molar-refractivity contribution >= 4 is 11.0 Å². The molecular formula is C13H18FN3. The highest BCUT2D eigenvalue weighted by molar-refractivity contribution is 5.76. The molecule has 0 bridgehead atoms. The van der Waals surface area contributed by atoms with E-state index in [0.717, 1.165) is 23.4 Å². The van der Waals surface area contributed by atoms with Crippen LogP contribution in [0, 0.1) is 11.7 Å². The van der Waals surface area contributed by atoms with Crippen molar-refractivity contribution in [3.05, 3.63) is 29.8 Å². The maximum atomic E-state index is 13.2. The fourth-order valence-corrected chi connectivity index (χ4v) is 2.00. The Morgan fingerprint density at radius 3 is 2.71 bits per heavy atom. The molecule has 0 spiro atoms. The van der Waals surface area contributed by atoms with Crippen molar-refractivity contribution in [2.24, 2.45) is 11.7 Å². The monoisotopic (exact) mass is 235 g/mol. The Morgan fingerprint density at radius 1 is 1.41 bits per heavy atom. The Kier molecular flexibility index (Phi) is 3.15. The Balaban J connectivity index is 2.64. The minimum Gasteiger partial charge on any atom is -0.327 e. The third kappa shape index (κ3) is 2.05. The van der Waals surface area contributed by atoms with Gasteiger partial charge < -0.3 is 10.3 Å². The second kappa shape index (κ2) is 4.45. The molecule has 1 atom stereocenters. The van der Waals surface area contributed by atoms with Gasteiger partial charge in [-0.15, -0.1) is 0 Å². The van der Waals surface area contributed by atoms with Crippen molar-refractivity contribution in [2.45, 2.75) is 33.4 Å². The van der Waals surface area contributed by atoms with Crippen molar-refractivity contribution in [3.63, 3.8) is 0 Å². The van der Waals surface area contributed by atoms with Crippen LogP contribution in [0.4, 0.5) is 4.39 Å². The van der Waals surface area contributed by atoms with Crippen LogP contribution < -0.4 is 5.73 Å². The van der Waals surface area contributed by atoms with Crippen molar-refractivity contribution in [3.8, 4) is 0 Å². The van der Waals surface area contributed by atoms with Crippen LogP contribution in [-0.4, -0.2) is 9.55 Å². The van der Waals surface area contributed by atoms with Crippen LogP contribution in [0.3, 0.4) is 0 Å². The molecule has 0 saturated heterocycles. The number of rotatable bonds is 3. The molecule has 0 fully saturated rings. The van der Waals surface area contributed by atoms with Crippen LogP contribution in [0.5, 0.6) is 0 Å². The summed E-state index contributed by atoms with van der Waals surface area (Å²) < 4.78 is 15.2. The van der Waals surface area contributed by atoms with E-state index in [4.69, 9.17) is 5.73 Å². The molecule has 2 rings (SSSR count). The third-order valence-electron chi connectivity index (χ3n) is 3.07. The maximum absolute atomic E-state index is 13.2.